The highest BCUT2D eigenvalue weighted by molar-refractivity contribution is 6.16. The molecular weight excluding hydrogens is 404 g/mol. The quantitative estimate of drug-likeness (QED) is 0.586. The third-order valence-corrected chi connectivity index (χ3v) is 5.29. The Bertz CT molecular complexity index is 1190. The number of halogens is 2. The molecule has 3 amide bonds. The van der Waals surface area contributed by atoms with Gasteiger partial charge in [-0.1, -0.05) is 30.0 Å². The van der Waals surface area contributed by atoms with Crippen molar-refractivity contribution in [1.82, 2.24) is 9.88 Å². The molecular formula is C23H17F2N3O3. The summed E-state index contributed by atoms with van der Waals surface area (Å²) in [6, 6.07) is 10.1. The van der Waals surface area contributed by atoms with Crippen molar-refractivity contribution in [2.24, 2.45) is 0 Å². The molecule has 0 unspecified atom stereocenters. The molecule has 1 aliphatic heterocycles. The molecule has 0 N–H and O–H groups in total. The number of imide groups is 1. The summed E-state index contributed by atoms with van der Waals surface area (Å²) in [5, 5.41) is 0. The Morgan fingerprint density at radius 1 is 1.06 bits per heavy atom. The van der Waals surface area contributed by atoms with Gasteiger partial charge in [0, 0.05) is 18.2 Å². The lowest BCUT2D eigenvalue weighted by atomic mass is 9.90. The van der Waals surface area contributed by atoms with E-state index in [0.717, 1.165) is 12.1 Å². The molecule has 2 heterocycles. The standard InChI is InChI=1S/C23H17F2N3O3/c1-23(19-13-26-14-31-19)12-20(29)28(22(30)27(23)2)21-17(24)10-16(11-18(21)25)9-8-15-6-4-3-5-7-15/h3-7,10-11,13-14H,12H2,1-2H3/t23-/m0/s1. The number of hydrogen-bond donors (Lipinski definition) is 0. The number of benzene rings is 2. The second kappa shape index (κ2) is 7.69. The number of carbonyl (C=O) groups is 2. The van der Waals surface area contributed by atoms with E-state index in [-0.39, 0.29) is 12.0 Å². The van der Waals surface area contributed by atoms with Gasteiger partial charge in [-0.25, -0.2) is 23.5 Å². The monoisotopic (exact) mass is 421 g/mol. The molecule has 0 aliphatic carbocycles. The van der Waals surface area contributed by atoms with Gasteiger partial charge in [-0.2, -0.15) is 0 Å². The minimum absolute atomic E-state index is 0.0827. The van der Waals surface area contributed by atoms with Gasteiger partial charge in [0.15, 0.2) is 18.0 Å². The van der Waals surface area contributed by atoms with Crippen LogP contribution in [0.25, 0.3) is 0 Å². The Balaban J connectivity index is 1.68. The minimum atomic E-state index is -1.13. The maximum Gasteiger partial charge on any atom is 0.332 e. The van der Waals surface area contributed by atoms with E-state index in [2.05, 4.69) is 16.8 Å². The van der Waals surface area contributed by atoms with Crippen LogP contribution in [0.15, 0.2) is 59.5 Å². The van der Waals surface area contributed by atoms with Crippen LogP contribution >= 0.6 is 0 Å². The van der Waals surface area contributed by atoms with Crippen LogP contribution in [0.3, 0.4) is 0 Å². The second-order valence-corrected chi connectivity index (χ2v) is 7.29. The summed E-state index contributed by atoms with van der Waals surface area (Å²) >= 11 is 0. The van der Waals surface area contributed by atoms with Gasteiger partial charge in [0.1, 0.15) is 17.0 Å². The highest BCUT2D eigenvalue weighted by atomic mass is 19.1. The average Bonchev–Trinajstić information content (AvgIpc) is 3.29. The van der Waals surface area contributed by atoms with Gasteiger partial charge >= 0.3 is 6.03 Å². The molecule has 0 saturated carbocycles. The summed E-state index contributed by atoms with van der Waals surface area (Å²) < 4.78 is 35.0. The van der Waals surface area contributed by atoms with Crippen LogP contribution in [0, 0.1) is 23.5 Å². The lowest BCUT2D eigenvalue weighted by Crippen LogP contribution is -2.60. The number of carbonyl (C=O) groups excluding carboxylic acids is 2. The van der Waals surface area contributed by atoms with Gasteiger partial charge in [-0.05, 0) is 31.2 Å². The summed E-state index contributed by atoms with van der Waals surface area (Å²) in [4.78, 5) is 31.3. The number of amides is 3. The first-order valence-electron chi connectivity index (χ1n) is 9.37. The van der Waals surface area contributed by atoms with E-state index in [9.17, 15) is 18.4 Å². The van der Waals surface area contributed by atoms with Gasteiger partial charge in [-0.15, -0.1) is 0 Å². The molecule has 0 radical (unpaired) electrons. The molecule has 3 aromatic rings. The van der Waals surface area contributed by atoms with Crippen LogP contribution in [-0.4, -0.2) is 28.9 Å². The van der Waals surface area contributed by atoms with Crippen LogP contribution in [0.5, 0.6) is 0 Å². The summed E-state index contributed by atoms with van der Waals surface area (Å²) in [6.07, 6.45) is 2.34. The SMILES string of the molecule is CN1C(=O)N(c2c(F)cc(C#Cc3ccccc3)cc2F)C(=O)C[C@@]1(C)c1cnco1. The highest BCUT2D eigenvalue weighted by Crippen LogP contribution is 2.38. The number of oxazole rings is 1. The van der Waals surface area contributed by atoms with Crippen LogP contribution in [-0.2, 0) is 10.3 Å². The Hall–Kier alpha value is -3.99. The molecule has 1 atom stereocenters. The maximum atomic E-state index is 14.9. The third-order valence-electron chi connectivity index (χ3n) is 5.29. The van der Waals surface area contributed by atoms with Gasteiger partial charge < -0.3 is 9.32 Å². The Labute approximate surface area is 177 Å². The highest BCUT2D eigenvalue weighted by Gasteiger charge is 2.49. The molecule has 31 heavy (non-hydrogen) atoms. The van der Waals surface area contributed by atoms with Crippen LogP contribution in [0.1, 0.15) is 30.2 Å². The van der Waals surface area contributed by atoms with Crippen molar-refractivity contribution in [3.8, 4) is 11.8 Å². The largest absolute Gasteiger partial charge is 0.446 e. The number of rotatable bonds is 2. The van der Waals surface area contributed by atoms with Crippen LogP contribution in [0.2, 0.25) is 0 Å². The zero-order chi connectivity index (χ0) is 22.2. The summed E-state index contributed by atoms with van der Waals surface area (Å²) in [6.45, 7) is 1.62. The Kier molecular flexibility index (Phi) is 5.03. The fourth-order valence-electron chi connectivity index (χ4n) is 3.43. The number of hydrogen-bond acceptors (Lipinski definition) is 4. The number of nitrogens with zero attached hydrogens (tertiary/aromatic N) is 3. The van der Waals surface area contributed by atoms with Gasteiger partial charge in [0.25, 0.3) is 0 Å². The molecule has 4 rings (SSSR count). The predicted octanol–water partition coefficient (Wildman–Crippen LogP) is 4.06. The molecule has 156 valence electrons. The first-order chi connectivity index (χ1) is 14.8. The van der Waals surface area contributed by atoms with E-state index in [1.807, 2.05) is 6.07 Å². The van der Waals surface area contributed by atoms with E-state index < -0.39 is 34.8 Å². The molecule has 1 saturated heterocycles. The fraction of sp³-hybridized carbons (Fsp3) is 0.174. The lowest BCUT2D eigenvalue weighted by molar-refractivity contribution is -0.122. The fourth-order valence-corrected chi connectivity index (χ4v) is 3.43. The third kappa shape index (κ3) is 3.55. The summed E-state index contributed by atoms with van der Waals surface area (Å²) in [7, 11) is 1.43. The van der Waals surface area contributed by atoms with Crippen molar-refractivity contribution >= 4 is 17.6 Å². The van der Waals surface area contributed by atoms with Crippen molar-refractivity contribution in [2.45, 2.75) is 18.9 Å². The topological polar surface area (TPSA) is 66.7 Å². The molecule has 6 nitrogen and oxygen atoms in total. The van der Waals surface area contributed by atoms with Crippen molar-refractivity contribution in [3.63, 3.8) is 0 Å². The van der Waals surface area contributed by atoms with Crippen LogP contribution < -0.4 is 4.90 Å². The van der Waals surface area contributed by atoms with E-state index in [1.165, 1.54) is 24.5 Å². The van der Waals surface area contributed by atoms with Gasteiger partial charge in [0.2, 0.25) is 5.91 Å². The number of aromatic nitrogens is 1. The second-order valence-electron chi connectivity index (χ2n) is 7.29. The minimum Gasteiger partial charge on any atom is -0.446 e. The Morgan fingerprint density at radius 3 is 2.32 bits per heavy atom. The van der Waals surface area contributed by atoms with Gasteiger partial charge in [-0.3, -0.25) is 4.79 Å². The molecule has 1 aliphatic rings. The van der Waals surface area contributed by atoms with Gasteiger partial charge in [0.05, 0.1) is 12.6 Å². The lowest BCUT2D eigenvalue weighted by Gasteiger charge is -2.43. The molecule has 0 spiro atoms. The van der Waals surface area contributed by atoms with Crippen molar-refractivity contribution in [1.29, 1.82) is 0 Å². The summed E-state index contributed by atoms with van der Waals surface area (Å²) in [5.74, 6) is 2.91. The molecule has 1 fully saturated rings. The average molecular weight is 421 g/mol. The van der Waals surface area contributed by atoms with Crippen molar-refractivity contribution in [2.75, 3.05) is 11.9 Å². The Morgan fingerprint density at radius 2 is 1.71 bits per heavy atom. The number of urea groups is 1. The molecule has 1 aromatic heterocycles. The molecule has 2 aromatic carbocycles. The van der Waals surface area contributed by atoms with Crippen molar-refractivity contribution < 1.29 is 22.8 Å². The first-order valence-corrected chi connectivity index (χ1v) is 9.37. The van der Waals surface area contributed by atoms with E-state index in [4.69, 9.17) is 4.42 Å². The zero-order valence-corrected chi connectivity index (χ0v) is 16.7. The maximum absolute atomic E-state index is 14.9. The van der Waals surface area contributed by atoms with E-state index in [0.29, 0.717) is 16.2 Å². The smallest absolute Gasteiger partial charge is 0.332 e. The number of anilines is 1. The zero-order valence-electron chi connectivity index (χ0n) is 16.7. The van der Waals surface area contributed by atoms with E-state index in [1.54, 1.807) is 31.2 Å². The van der Waals surface area contributed by atoms with Crippen molar-refractivity contribution in [3.05, 3.63) is 83.6 Å². The van der Waals surface area contributed by atoms with Crippen LogP contribution in [0.4, 0.5) is 19.3 Å². The normalized spacial score (nSPS) is 18.7. The molecule has 0 bridgehead atoms. The first kappa shape index (κ1) is 20.3. The molecule has 8 heteroatoms. The summed E-state index contributed by atoms with van der Waals surface area (Å²) in [5.41, 5.74) is -1.09. The van der Waals surface area contributed by atoms with E-state index >= 15 is 0 Å². The predicted molar refractivity (Wildman–Crippen MR) is 108 cm³/mol.